The summed E-state index contributed by atoms with van der Waals surface area (Å²) in [6, 6.07) is 6.44. The van der Waals surface area contributed by atoms with E-state index in [1.54, 1.807) is 0 Å². The van der Waals surface area contributed by atoms with Crippen LogP contribution in [0.1, 0.15) is 50.3 Å². The van der Waals surface area contributed by atoms with Crippen molar-refractivity contribution >= 4 is 0 Å². The minimum atomic E-state index is 0.128. The SMILES string of the molecule is CCCC(C)C1CC(N)c2cc(C)ccc2O1. The van der Waals surface area contributed by atoms with Gasteiger partial charge in [0.05, 0.1) is 0 Å². The number of hydrogen-bond acceptors (Lipinski definition) is 2. The number of rotatable bonds is 3. The molecule has 1 aromatic carbocycles. The molecular weight excluding hydrogens is 210 g/mol. The van der Waals surface area contributed by atoms with E-state index < -0.39 is 0 Å². The van der Waals surface area contributed by atoms with Gasteiger partial charge in [-0.15, -0.1) is 0 Å². The molecule has 1 aliphatic rings. The molecule has 3 atom stereocenters. The molecule has 0 bridgehead atoms. The van der Waals surface area contributed by atoms with Crippen LogP contribution in [0.15, 0.2) is 18.2 Å². The molecule has 0 aliphatic carbocycles. The first-order chi connectivity index (χ1) is 8.11. The van der Waals surface area contributed by atoms with Crippen LogP contribution in [0.2, 0.25) is 0 Å². The van der Waals surface area contributed by atoms with E-state index in [2.05, 4.69) is 39.0 Å². The van der Waals surface area contributed by atoms with E-state index in [0.29, 0.717) is 5.92 Å². The Kier molecular flexibility index (Phi) is 3.72. The van der Waals surface area contributed by atoms with Crippen LogP contribution in [0, 0.1) is 12.8 Å². The van der Waals surface area contributed by atoms with E-state index in [0.717, 1.165) is 12.2 Å². The Balaban J connectivity index is 2.18. The molecule has 0 amide bonds. The van der Waals surface area contributed by atoms with Crippen LogP contribution in [-0.2, 0) is 0 Å². The molecule has 17 heavy (non-hydrogen) atoms. The van der Waals surface area contributed by atoms with Gasteiger partial charge < -0.3 is 10.5 Å². The van der Waals surface area contributed by atoms with Gasteiger partial charge in [0.1, 0.15) is 11.9 Å². The second kappa shape index (κ2) is 5.09. The second-order valence-corrected chi connectivity index (χ2v) is 5.31. The van der Waals surface area contributed by atoms with E-state index in [9.17, 15) is 0 Å². The third-order valence-electron chi connectivity index (χ3n) is 3.71. The lowest BCUT2D eigenvalue weighted by atomic mass is 9.88. The van der Waals surface area contributed by atoms with Crippen molar-refractivity contribution in [3.8, 4) is 5.75 Å². The predicted octanol–water partition coefficient (Wildman–Crippen LogP) is 3.58. The summed E-state index contributed by atoms with van der Waals surface area (Å²) in [5.74, 6) is 1.57. The van der Waals surface area contributed by atoms with Crippen molar-refractivity contribution < 1.29 is 4.74 Å². The van der Waals surface area contributed by atoms with Gasteiger partial charge in [0, 0.05) is 18.0 Å². The molecule has 3 unspecified atom stereocenters. The van der Waals surface area contributed by atoms with Crippen molar-refractivity contribution in [1.29, 1.82) is 0 Å². The molecule has 94 valence electrons. The van der Waals surface area contributed by atoms with E-state index in [1.807, 2.05) is 0 Å². The van der Waals surface area contributed by atoms with Gasteiger partial charge in [-0.05, 0) is 25.3 Å². The molecule has 1 aliphatic heterocycles. The summed E-state index contributed by atoms with van der Waals surface area (Å²) in [6.07, 6.45) is 3.63. The van der Waals surface area contributed by atoms with Gasteiger partial charge in [-0.2, -0.15) is 0 Å². The summed E-state index contributed by atoms with van der Waals surface area (Å²) in [7, 11) is 0. The lowest BCUT2D eigenvalue weighted by Gasteiger charge is -2.34. The van der Waals surface area contributed by atoms with Gasteiger partial charge in [0.25, 0.3) is 0 Å². The quantitative estimate of drug-likeness (QED) is 0.866. The average Bonchev–Trinajstić information content (AvgIpc) is 2.30. The summed E-state index contributed by atoms with van der Waals surface area (Å²) >= 11 is 0. The fourth-order valence-electron chi connectivity index (χ4n) is 2.64. The van der Waals surface area contributed by atoms with Gasteiger partial charge in [-0.3, -0.25) is 0 Å². The van der Waals surface area contributed by atoms with Crippen molar-refractivity contribution in [3.63, 3.8) is 0 Å². The summed E-state index contributed by atoms with van der Waals surface area (Å²) in [5.41, 5.74) is 8.68. The number of hydrogen-bond donors (Lipinski definition) is 1. The highest BCUT2D eigenvalue weighted by molar-refractivity contribution is 5.40. The van der Waals surface area contributed by atoms with Crippen LogP contribution in [-0.4, -0.2) is 6.10 Å². The molecule has 1 aromatic rings. The third kappa shape index (κ3) is 2.63. The fourth-order valence-corrected chi connectivity index (χ4v) is 2.64. The normalized spacial score (nSPS) is 24.9. The van der Waals surface area contributed by atoms with Gasteiger partial charge in [-0.25, -0.2) is 0 Å². The maximum atomic E-state index is 6.26. The van der Waals surface area contributed by atoms with Crippen molar-refractivity contribution in [1.82, 2.24) is 0 Å². The average molecular weight is 233 g/mol. The van der Waals surface area contributed by atoms with Crippen LogP contribution in [0.3, 0.4) is 0 Å². The molecule has 1 heterocycles. The summed E-state index contributed by atoms with van der Waals surface area (Å²) in [6.45, 7) is 6.58. The molecule has 2 rings (SSSR count). The Bertz CT molecular complexity index is 389. The van der Waals surface area contributed by atoms with E-state index in [1.165, 1.54) is 24.0 Å². The maximum absolute atomic E-state index is 6.26. The minimum Gasteiger partial charge on any atom is -0.490 e. The fraction of sp³-hybridized carbons (Fsp3) is 0.600. The zero-order chi connectivity index (χ0) is 12.4. The van der Waals surface area contributed by atoms with Crippen molar-refractivity contribution in [2.45, 2.75) is 52.2 Å². The summed E-state index contributed by atoms with van der Waals surface area (Å²) < 4.78 is 6.09. The molecule has 0 saturated carbocycles. The molecule has 0 fully saturated rings. The molecule has 2 N–H and O–H groups in total. The smallest absolute Gasteiger partial charge is 0.124 e. The van der Waals surface area contributed by atoms with Gasteiger partial charge in [-0.1, -0.05) is 38.0 Å². The zero-order valence-corrected chi connectivity index (χ0v) is 11.1. The van der Waals surface area contributed by atoms with Crippen molar-refractivity contribution in [2.75, 3.05) is 0 Å². The summed E-state index contributed by atoms with van der Waals surface area (Å²) in [4.78, 5) is 0. The van der Waals surface area contributed by atoms with Crippen molar-refractivity contribution in [3.05, 3.63) is 29.3 Å². The monoisotopic (exact) mass is 233 g/mol. The zero-order valence-electron chi connectivity index (χ0n) is 11.1. The first kappa shape index (κ1) is 12.4. The largest absolute Gasteiger partial charge is 0.490 e. The van der Waals surface area contributed by atoms with Gasteiger partial charge >= 0.3 is 0 Å². The highest BCUT2D eigenvalue weighted by Gasteiger charge is 2.29. The van der Waals surface area contributed by atoms with Crippen LogP contribution in [0.25, 0.3) is 0 Å². The van der Waals surface area contributed by atoms with Gasteiger partial charge in [0.2, 0.25) is 0 Å². The topological polar surface area (TPSA) is 35.2 Å². The predicted molar refractivity (Wildman–Crippen MR) is 71.2 cm³/mol. The highest BCUT2D eigenvalue weighted by atomic mass is 16.5. The standard InChI is InChI=1S/C15H23NO/c1-4-5-11(3)15-9-13(16)12-8-10(2)6-7-14(12)17-15/h6-8,11,13,15H,4-5,9,16H2,1-3H3. The number of nitrogens with two attached hydrogens (primary N) is 1. The lowest BCUT2D eigenvalue weighted by molar-refractivity contribution is 0.102. The van der Waals surface area contributed by atoms with Crippen LogP contribution >= 0.6 is 0 Å². The Morgan fingerprint density at radius 2 is 2.24 bits per heavy atom. The van der Waals surface area contributed by atoms with Crippen LogP contribution in [0.5, 0.6) is 5.75 Å². The van der Waals surface area contributed by atoms with E-state index >= 15 is 0 Å². The van der Waals surface area contributed by atoms with Crippen LogP contribution in [0.4, 0.5) is 0 Å². The summed E-state index contributed by atoms with van der Waals surface area (Å²) in [5, 5.41) is 0. The number of fused-ring (bicyclic) bond motifs is 1. The third-order valence-corrected chi connectivity index (χ3v) is 3.71. The Morgan fingerprint density at radius 1 is 1.47 bits per heavy atom. The molecule has 0 saturated heterocycles. The van der Waals surface area contributed by atoms with E-state index in [4.69, 9.17) is 10.5 Å². The lowest BCUT2D eigenvalue weighted by Crippen LogP contribution is -2.34. The number of benzene rings is 1. The number of aryl methyl sites for hydroxylation is 1. The van der Waals surface area contributed by atoms with E-state index in [-0.39, 0.29) is 12.1 Å². The minimum absolute atomic E-state index is 0.128. The van der Waals surface area contributed by atoms with Gasteiger partial charge in [0.15, 0.2) is 0 Å². The Morgan fingerprint density at radius 3 is 2.94 bits per heavy atom. The molecule has 2 heteroatoms. The molecular formula is C15H23NO. The second-order valence-electron chi connectivity index (χ2n) is 5.31. The molecule has 0 radical (unpaired) electrons. The maximum Gasteiger partial charge on any atom is 0.124 e. The molecule has 0 spiro atoms. The van der Waals surface area contributed by atoms with Crippen molar-refractivity contribution in [2.24, 2.45) is 11.7 Å². The highest BCUT2D eigenvalue weighted by Crippen LogP contribution is 2.36. The Hall–Kier alpha value is -1.02. The first-order valence-corrected chi connectivity index (χ1v) is 6.64. The van der Waals surface area contributed by atoms with Crippen LogP contribution < -0.4 is 10.5 Å². The molecule has 2 nitrogen and oxygen atoms in total. The first-order valence-electron chi connectivity index (χ1n) is 6.64. The number of ether oxygens (including phenoxy) is 1. The Labute approximate surface area is 104 Å². The molecule has 0 aromatic heterocycles.